The maximum absolute atomic E-state index is 12.2. The topological polar surface area (TPSA) is 55.6 Å². The quantitative estimate of drug-likeness (QED) is 0.795. The third-order valence-corrected chi connectivity index (χ3v) is 4.64. The smallest absolute Gasteiger partial charge is 0.410 e. The maximum Gasteiger partial charge on any atom is 0.410 e. The number of piperidine rings is 1. The van der Waals surface area contributed by atoms with Crippen molar-refractivity contribution in [3.05, 3.63) is 0 Å². The summed E-state index contributed by atoms with van der Waals surface area (Å²) in [5.41, 5.74) is 5.99. The number of likely N-dealkylation sites (tertiary alicyclic amines) is 1. The molecule has 2 N–H and O–H groups in total. The van der Waals surface area contributed by atoms with E-state index >= 15 is 0 Å². The van der Waals surface area contributed by atoms with Crippen LogP contribution in [0.15, 0.2) is 0 Å². The van der Waals surface area contributed by atoms with Gasteiger partial charge < -0.3 is 15.4 Å². The fraction of sp³-hybridized carbons (Fsp3) is 0.933. The van der Waals surface area contributed by atoms with Gasteiger partial charge in [-0.2, -0.15) is 0 Å². The molecule has 2 unspecified atom stereocenters. The first-order chi connectivity index (χ1) is 8.73. The molecule has 0 bridgehead atoms. The van der Waals surface area contributed by atoms with Crippen molar-refractivity contribution in [3.63, 3.8) is 0 Å². The van der Waals surface area contributed by atoms with Crippen LogP contribution in [0.25, 0.3) is 0 Å². The second kappa shape index (κ2) is 4.97. The Hall–Kier alpha value is -0.770. The molecule has 1 saturated carbocycles. The van der Waals surface area contributed by atoms with Gasteiger partial charge in [-0.1, -0.05) is 6.42 Å². The minimum atomic E-state index is -0.415. The number of hydrogen-bond acceptors (Lipinski definition) is 3. The summed E-state index contributed by atoms with van der Waals surface area (Å²) in [4.78, 5) is 14.1. The van der Waals surface area contributed by atoms with E-state index in [0.29, 0.717) is 5.92 Å². The van der Waals surface area contributed by atoms with Crippen molar-refractivity contribution in [2.75, 3.05) is 13.1 Å². The zero-order valence-corrected chi connectivity index (χ0v) is 12.7. The van der Waals surface area contributed by atoms with Crippen LogP contribution >= 0.6 is 0 Å². The third kappa shape index (κ3) is 3.04. The van der Waals surface area contributed by atoms with E-state index in [4.69, 9.17) is 10.5 Å². The second-order valence-corrected chi connectivity index (χ2v) is 7.37. The largest absolute Gasteiger partial charge is 0.444 e. The van der Waals surface area contributed by atoms with Gasteiger partial charge in [0.25, 0.3) is 0 Å². The van der Waals surface area contributed by atoms with E-state index in [9.17, 15) is 4.79 Å². The van der Waals surface area contributed by atoms with E-state index in [0.717, 1.165) is 19.5 Å². The molecule has 4 heteroatoms. The Morgan fingerprint density at radius 1 is 1.42 bits per heavy atom. The van der Waals surface area contributed by atoms with Crippen LogP contribution in [0.1, 0.15) is 53.4 Å². The first-order valence-corrected chi connectivity index (χ1v) is 7.47. The number of hydrogen-bond donors (Lipinski definition) is 1. The Bertz CT molecular complexity index is 343. The summed E-state index contributed by atoms with van der Waals surface area (Å²) >= 11 is 0. The number of carbonyl (C=O) groups excluding carboxylic acids is 1. The maximum atomic E-state index is 12.2. The summed E-state index contributed by atoms with van der Waals surface area (Å²) in [7, 11) is 0. The van der Waals surface area contributed by atoms with Crippen LogP contribution in [0.2, 0.25) is 0 Å². The van der Waals surface area contributed by atoms with Crippen molar-refractivity contribution in [3.8, 4) is 0 Å². The summed E-state index contributed by atoms with van der Waals surface area (Å²) in [5, 5.41) is 0. The molecule has 0 aromatic heterocycles. The highest BCUT2D eigenvalue weighted by Crippen LogP contribution is 2.52. The van der Waals surface area contributed by atoms with Crippen LogP contribution in [0.5, 0.6) is 0 Å². The van der Waals surface area contributed by atoms with Crippen LogP contribution < -0.4 is 5.73 Å². The van der Waals surface area contributed by atoms with E-state index in [1.165, 1.54) is 19.3 Å². The Morgan fingerprint density at radius 2 is 2.05 bits per heavy atom. The first kappa shape index (κ1) is 14.6. The van der Waals surface area contributed by atoms with Crippen molar-refractivity contribution in [1.29, 1.82) is 0 Å². The second-order valence-electron chi connectivity index (χ2n) is 7.37. The van der Waals surface area contributed by atoms with Gasteiger partial charge in [0.1, 0.15) is 5.60 Å². The molecule has 1 aliphatic heterocycles. The van der Waals surface area contributed by atoms with Gasteiger partial charge in [-0.15, -0.1) is 0 Å². The molecule has 0 aromatic rings. The van der Waals surface area contributed by atoms with Crippen LogP contribution in [0.3, 0.4) is 0 Å². The average molecular weight is 268 g/mol. The lowest BCUT2D eigenvalue weighted by Crippen LogP contribution is -2.58. The Labute approximate surface area is 116 Å². The highest BCUT2D eigenvalue weighted by Gasteiger charge is 2.49. The molecule has 1 amide bonds. The average Bonchev–Trinajstić information content (AvgIpc) is 2.23. The predicted molar refractivity (Wildman–Crippen MR) is 75.8 cm³/mol. The highest BCUT2D eigenvalue weighted by molar-refractivity contribution is 5.68. The molecule has 110 valence electrons. The van der Waals surface area contributed by atoms with E-state index in [2.05, 4.69) is 6.92 Å². The van der Waals surface area contributed by atoms with Crippen LogP contribution in [-0.2, 0) is 4.74 Å². The molecule has 2 rings (SSSR count). The standard InChI is InChI=1S/C15H28N2O2/c1-11(16)12-6-9-17(10-15(12)7-5-8-15)13(18)19-14(2,3)4/h11-12H,5-10,16H2,1-4H3. The van der Waals surface area contributed by atoms with E-state index < -0.39 is 5.60 Å². The van der Waals surface area contributed by atoms with E-state index in [1.807, 2.05) is 25.7 Å². The molecule has 1 heterocycles. The zero-order valence-electron chi connectivity index (χ0n) is 12.7. The van der Waals surface area contributed by atoms with Gasteiger partial charge in [0.15, 0.2) is 0 Å². The zero-order chi connectivity index (χ0) is 14.3. The lowest BCUT2D eigenvalue weighted by molar-refractivity contribution is -0.0536. The molecule has 2 atom stereocenters. The fourth-order valence-electron chi connectivity index (χ4n) is 3.64. The summed E-state index contributed by atoms with van der Waals surface area (Å²) < 4.78 is 5.49. The summed E-state index contributed by atoms with van der Waals surface area (Å²) in [6, 6.07) is 0.223. The molecular formula is C15H28N2O2. The highest BCUT2D eigenvalue weighted by atomic mass is 16.6. The lowest BCUT2D eigenvalue weighted by atomic mass is 9.57. The number of carbonyl (C=O) groups is 1. The minimum absolute atomic E-state index is 0.165. The van der Waals surface area contributed by atoms with Gasteiger partial charge in [0.05, 0.1) is 0 Å². The van der Waals surface area contributed by atoms with Gasteiger partial charge in [-0.25, -0.2) is 4.79 Å². The molecule has 19 heavy (non-hydrogen) atoms. The SMILES string of the molecule is CC(N)C1CCN(C(=O)OC(C)(C)C)CC12CCC2. The van der Waals surface area contributed by atoms with Gasteiger partial charge >= 0.3 is 6.09 Å². The number of rotatable bonds is 1. The molecule has 0 radical (unpaired) electrons. The molecule has 1 spiro atoms. The number of nitrogens with two attached hydrogens (primary N) is 1. The van der Waals surface area contributed by atoms with Gasteiger partial charge in [-0.3, -0.25) is 0 Å². The Morgan fingerprint density at radius 3 is 2.47 bits per heavy atom. The summed E-state index contributed by atoms with van der Waals surface area (Å²) in [6.45, 7) is 9.46. The van der Waals surface area contributed by atoms with Crippen LogP contribution in [-0.4, -0.2) is 35.7 Å². The Kier molecular flexibility index (Phi) is 3.83. The number of ether oxygens (including phenoxy) is 1. The van der Waals surface area contributed by atoms with Gasteiger partial charge in [0.2, 0.25) is 0 Å². The normalized spacial score (nSPS) is 27.8. The molecule has 2 fully saturated rings. The molecular weight excluding hydrogens is 240 g/mol. The summed E-state index contributed by atoms with van der Waals surface area (Å²) in [5.74, 6) is 0.555. The van der Waals surface area contributed by atoms with Crippen molar-refractivity contribution in [2.24, 2.45) is 17.1 Å². The molecule has 1 saturated heterocycles. The van der Waals surface area contributed by atoms with Crippen molar-refractivity contribution in [2.45, 2.75) is 65.0 Å². The van der Waals surface area contributed by atoms with E-state index in [1.54, 1.807) is 0 Å². The fourth-order valence-corrected chi connectivity index (χ4v) is 3.64. The number of nitrogens with zero attached hydrogens (tertiary/aromatic N) is 1. The Balaban J connectivity index is 2.02. The third-order valence-electron chi connectivity index (χ3n) is 4.64. The molecule has 0 aromatic carbocycles. The van der Waals surface area contributed by atoms with Crippen molar-refractivity contribution < 1.29 is 9.53 Å². The molecule has 4 nitrogen and oxygen atoms in total. The van der Waals surface area contributed by atoms with E-state index in [-0.39, 0.29) is 17.6 Å². The van der Waals surface area contributed by atoms with Gasteiger partial charge in [0, 0.05) is 19.1 Å². The van der Waals surface area contributed by atoms with Crippen LogP contribution in [0, 0.1) is 11.3 Å². The first-order valence-electron chi connectivity index (χ1n) is 7.47. The lowest BCUT2D eigenvalue weighted by Gasteiger charge is -2.55. The monoisotopic (exact) mass is 268 g/mol. The van der Waals surface area contributed by atoms with Crippen molar-refractivity contribution >= 4 is 6.09 Å². The van der Waals surface area contributed by atoms with Gasteiger partial charge in [-0.05, 0) is 58.3 Å². The molecule has 2 aliphatic rings. The predicted octanol–water partition coefficient (Wildman–Crippen LogP) is 2.76. The minimum Gasteiger partial charge on any atom is -0.444 e. The number of amides is 1. The summed E-state index contributed by atoms with van der Waals surface area (Å²) in [6.07, 6.45) is 4.53. The van der Waals surface area contributed by atoms with Crippen molar-refractivity contribution in [1.82, 2.24) is 4.90 Å². The molecule has 1 aliphatic carbocycles. The van der Waals surface area contributed by atoms with Crippen LogP contribution in [0.4, 0.5) is 4.79 Å².